The fraction of sp³-hybridized carbons (Fsp3) is 0.375. The van der Waals surface area contributed by atoms with Crippen molar-refractivity contribution < 1.29 is 32.3 Å². The molecule has 2 saturated heterocycles. The van der Waals surface area contributed by atoms with E-state index in [0.29, 0.717) is 4.90 Å². The molecule has 0 radical (unpaired) electrons. The highest BCUT2D eigenvalue weighted by Crippen LogP contribution is 2.47. The number of hydrogen-bond acceptors (Lipinski definition) is 7. The largest absolute Gasteiger partial charge is 0.463 e. The van der Waals surface area contributed by atoms with Gasteiger partial charge in [0.2, 0.25) is 0 Å². The van der Waals surface area contributed by atoms with Crippen molar-refractivity contribution in [1.29, 1.82) is 0 Å². The number of fused-ring (bicyclic) bond motifs is 2. The molecule has 0 saturated carbocycles. The van der Waals surface area contributed by atoms with E-state index in [-0.39, 0.29) is 24.3 Å². The highest BCUT2D eigenvalue weighted by molar-refractivity contribution is 7.94. The monoisotopic (exact) mass is 378 g/mol. The maximum absolute atomic E-state index is 12.7. The molecule has 2 unspecified atom stereocenters. The average molecular weight is 378 g/mol. The summed E-state index contributed by atoms with van der Waals surface area (Å²) in [4.78, 5) is 49.7. The first-order valence-electron chi connectivity index (χ1n) is 7.97. The van der Waals surface area contributed by atoms with Crippen LogP contribution in [0.4, 0.5) is 0 Å². The molecule has 1 aromatic carbocycles. The second-order valence-electron chi connectivity index (χ2n) is 6.15. The van der Waals surface area contributed by atoms with Crippen LogP contribution in [0.25, 0.3) is 0 Å². The van der Waals surface area contributed by atoms with Crippen molar-refractivity contribution in [3.05, 3.63) is 35.4 Å². The highest BCUT2D eigenvalue weighted by Gasteiger charge is 2.79. The zero-order chi connectivity index (χ0) is 18.9. The number of carbonyl (C=O) groups excluding carboxylic acids is 4. The third-order valence-electron chi connectivity index (χ3n) is 4.98. The summed E-state index contributed by atoms with van der Waals surface area (Å²) in [6.45, 7) is 1.21. The Morgan fingerprint density at radius 1 is 1.19 bits per heavy atom. The lowest BCUT2D eigenvalue weighted by Gasteiger charge is -2.51. The Balaban J connectivity index is 1.87. The van der Waals surface area contributed by atoms with Gasteiger partial charge in [-0.3, -0.25) is 19.3 Å². The van der Waals surface area contributed by atoms with Crippen LogP contribution in [0, 0.1) is 0 Å². The van der Waals surface area contributed by atoms with E-state index in [4.69, 9.17) is 4.74 Å². The number of benzene rings is 1. The molecule has 2 atom stereocenters. The molecule has 3 heterocycles. The second-order valence-corrected chi connectivity index (χ2v) is 8.41. The molecule has 0 N–H and O–H groups in total. The lowest BCUT2D eigenvalue weighted by Crippen LogP contribution is -2.82. The van der Waals surface area contributed by atoms with Crippen LogP contribution in [0.1, 0.15) is 27.6 Å². The van der Waals surface area contributed by atoms with Gasteiger partial charge in [0.25, 0.3) is 22.6 Å². The van der Waals surface area contributed by atoms with Gasteiger partial charge in [0, 0.05) is 6.54 Å². The van der Waals surface area contributed by atoms with Crippen molar-refractivity contribution >= 4 is 33.5 Å². The van der Waals surface area contributed by atoms with Crippen LogP contribution in [0.3, 0.4) is 0 Å². The number of hydrogen-bond donors (Lipinski definition) is 0. The van der Waals surface area contributed by atoms with E-state index < -0.39 is 50.2 Å². The van der Waals surface area contributed by atoms with E-state index in [1.807, 2.05) is 0 Å². The zero-order valence-corrected chi connectivity index (χ0v) is 14.5. The first-order chi connectivity index (χ1) is 12.3. The smallest absolute Gasteiger partial charge is 0.350 e. The quantitative estimate of drug-likeness (QED) is 0.383. The predicted molar refractivity (Wildman–Crippen MR) is 85.6 cm³/mol. The van der Waals surface area contributed by atoms with E-state index in [2.05, 4.69) is 0 Å². The molecule has 9 nitrogen and oxygen atoms in total. The summed E-state index contributed by atoms with van der Waals surface area (Å²) in [5.41, 5.74) is 0.135. The summed E-state index contributed by atoms with van der Waals surface area (Å²) < 4.78 is 30.3. The SMILES string of the molecule is CCOC(=O)C12C(N3C(=O)c4ccccc4C3=O)C(=O)N1CCS2(=O)=O. The van der Waals surface area contributed by atoms with Crippen molar-refractivity contribution in [3.8, 4) is 0 Å². The Labute approximate surface area is 148 Å². The number of rotatable bonds is 3. The molecule has 0 aromatic heterocycles. The van der Waals surface area contributed by atoms with E-state index in [0.717, 1.165) is 4.90 Å². The van der Waals surface area contributed by atoms with Crippen LogP contribution in [-0.2, 0) is 24.2 Å². The molecule has 2 fully saturated rings. The highest BCUT2D eigenvalue weighted by atomic mass is 32.2. The molecule has 136 valence electrons. The third-order valence-corrected chi connectivity index (χ3v) is 7.26. The summed E-state index contributed by atoms with van der Waals surface area (Å²) in [6.07, 6.45) is 0. The maximum atomic E-state index is 12.7. The van der Waals surface area contributed by atoms with Crippen LogP contribution in [0.15, 0.2) is 24.3 Å². The van der Waals surface area contributed by atoms with Crippen molar-refractivity contribution in [3.63, 3.8) is 0 Å². The Hall–Kier alpha value is -2.75. The van der Waals surface area contributed by atoms with Crippen LogP contribution < -0.4 is 0 Å². The minimum absolute atomic E-state index is 0.0677. The lowest BCUT2D eigenvalue weighted by molar-refractivity contribution is -0.176. The van der Waals surface area contributed by atoms with E-state index in [1.54, 1.807) is 12.1 Å². The Morgan fingerprint density at radius 2 is 1.77 bits per heavy atom. The number of carbonyl (C=O) groups is 4. The standard InChI is InChI=1S/C16H14N2O7S/c1-2-25-15(22)16-11(14(21)17(16)7-8-26(16,23)24)18-12(19)9-5-3-4-6-10(9)13(18)20/h3-6,11H,2,7-8H2,1H3. The van der Waals surface area contributed by atoms with Crippen LogP contribution in [0.2, 0.25) is 0 Å². The summed E-state index contributed by atoms with van der Waals surface area (Å²) >= 11 is 0. The third kappa shape index (κ3) is 1.67. The van der Waals surface area contributed by atoms with Gasteiger partial charge in [0.05, 0.1) is 23.5 Å². The predicted octanol–water partition coefficient (Wildman–Crippen LogP) is -0.819. The molecule has 1 aromatic rings. The van der Waals surface area contributed by atoms with E-state index in [1.165, 1.54) is 19.1 Å². The average Bonchev–Trinajstić information content (AvgIpc) is 2.99. The van der Waals surface area contributed by atoms with Gasteiger partial charge in [-0.15, -0.1) is 0 Å². The molecule has 4 rings (SSSR count). The van der Waals surface area contributed by atoms with Crippen molar-refractivity contribution in [2.45, 2.75) is 17.8 Å². The Bertz CT molecular complexity index is 951. The minimum atomic E-state index is -4.14. The molecule has 3 amide bonds. The topological polar surface area (TPSA) is 118 Å². The second kappa shape index (κ2) is 5.13. The summed E-state index contributed by atoms with van der Waals surface area (Å²) in [5.74, 6) is -3.92. The van der Waals surface area contributed by atoms with Gasteiger partial charge in [0.1, 0.15) is 0 Å². The van der Waals surface area contributed by atoms with E-state index in [9.17, 15) is 27.6 Å². The molecule has 3 aliphatic rings. The lowest BCUT2D eigenvalue weighted by atomic mass is 9.92. The molecule has 0 spiro atoms. The molecule has 10 heteroatoms. The van der Waals surface area contributed by atoms with Crippen LogP contribution in [0.5, 0.6) is 0 Å². The number of ether oxygens (including phenoxy) is 1. The molecule has 0 aliphatic carbocycles. The fourth-order valence-electron chi connectivity index (χ4n) is 3.85. The first kappa shape index (κ1) is 16.7. The van der Waals surface area contributed by atoms with Crippen molar-refractivity contribution in [2.24, 2.45) is 0 Å². The van der Waals surface area contributed by atoms with Crippen molar-refractivity contribution in [1.82, 2.24) is 9.80 Å². The first-order valence-corrected chi connectivity index (χ1v) is 9.62. The summed E-state index contributed by atoms with van der Waals surface area (Å²) in [6, 6.07) is 4.18. The maximum Gasteiger partial charge on any atom is 0.350 e. The van der Waals surface area contributed by atoms with Gasteiger partial charge < -0.3 is 9.64 Å². The molecule has 0 bridgehead atoms. The van der Waals surface area contributed by atoms with Gasteiger partial charge in [0.15, 0.2) is 15.9 Å². The van der Waals surface area contributed by atoms with Gasteiger partial charge >= 0.3 is 5.97 Å². The molecule has 3 aliphatic heterocycles. The zero-order valence-electron chi connectivity index (χ0n) is 13.7. The number of sulfone groups is 1. The number of nitrogens with zero attached hydrogens (tertiary/aromatic N) is 2. The summed E-state index contributed by atoms with van der Waals surface area (Å²) in [5, 5.41) is 0. The van der Waals surface area contributed by atoms with E-state index >= 15 is 0 Å². The minimum Gasteiger partial charge on any atom is -0.463 e. The van der Waals surface area contributed by atoms with Gasteiger partial charge in [-0.2, -0.15) is 0 Å². The van der Waals surface area contributed by atoms with Gasteiger partial charge in [-0.25, -0.2) is 13.2 Å². The Morgan fingerprint density at radius 3 is 2.31 bits per heavy atom. The van der Waals surface area contributed by atoms with Crippen molar-refractivity contribution in [2.75, 3.05) is 18.9 Å². The Kier molecular flexibility index (Phi) is 3.30. The van der Waals surface area contributed by atoms with Crippen LogP contribution >= 0.6 is 0 Å². The fourth-order valence-corrected chi connectivity index (χ4v) is 5.96. The summed E-state index contributed by atoms with van der Waals surface area (Å²) in [7, 11) is -4.14. The van der Waals surface area contributed by atoms with Gasteiger partial charge in [-0.05, 0) is 19.1 Å². The van der Waals surface area contributed by atoms with Crippen LogP contribution in [-0.4, -0.2) is 71.7 Å². The number of esters is 1. The molecule has 26 heavy (non-hydrogen) atoms. The number of β-lactam (4-membered cyclic amide) rings is 1. The molecular formula is C16H14N2O7S. The number of amides is 3. The molecular weight excluding hydrogens is 364 g/mol. The normalized spacial score (nSPS) is 28.7. The number of imide groups is 1. The van der Waals surface area contributed by atoms with Gasteiger partial charge in [-0.1, -0.05) is 12.1 Å².